The van der Waals surface area contributed by atoms with E-state index >= 15 is 0 Å². The van der Waals surface area contributed by atoms with Gasteiger partial charge >= 0.3 is 0 Å². The van der Waals surface area contributed by atoms with Crippen LogP contribution in [0.1, 0.15) is 50.2 Å². The predicted molar refractivity (Wildman–Crippen MR) is 67.6 cm³/mol. The second-order valence-electron chi connectivity index (χ2n) is 5.58. The fourth-order valence-electron chi connectivity index (χ4n) is 2.52. The van der Waals surface area contributed by atoms with Gasteiger partial charge in [-0.15, -0.1) is 0 Å². The Kier molecular flexibility index (Phi) is 3.34. The first kappa shape index (κ1) is 11.7. The first-order chi connectivity index (χ1) is 7.65. The molecule has 1 heteroatoms. The number of hydrogen-bond donors (Lipinski definition) is 1. The summed E-state index contributed by atoms with van der Waals surface area (Å²) in [5.41, 5.74) is 2.98. The van der Waals surface area contributed by atoms with Gasteiger partial charge < -0.3 is 5.11 Å². The van der Waals surface area contributed by atoms with Crippen molar-refractivity contribution in [3.05, 3.63) is 35.4 Å². The highest BCUT2D eigenvalue weighted by Crippen LogP contribution is 2.43. The van der Waals surface area contributed by atoms with Crippen molar-refractivity contribution in [1.29, 1.82) is 0 Å². The fourth-order valence-corrected chi connectivity index (χ4v) is 2.52. The molecule has 0 heterocycles. The van der Waals surface area contributed by atoms with Crippen LogP contribution in [-0.2, 0) is 6.42 Å². The molecule has 0 radical (unpaired) electrons. The minimum Gasteiger partial charge on any atom is -0.396 e. The van der Waals surface area contributed by atoms with Crippen molar-refractivity contribution in [2.45, 2.75) is 45.4 Å². The van der Waals surface area contributed by atoms with Gasteiger partial charge in [0.25, 0.3) is 0 Å². The lowest BCUT2D eigenvalue weighted by Crippen LogP contribution is -2.35. The van der Waals surface area contributed by atoms with E-state index in [9.17, 15) is 5.11 Å². The Morgan fingerprint density at radius 3 is 2.19 bits per heavy atom. The average Bonchev–Trinajstić information content (AvgIpc) is 2.24. The highest BCUT2D eigenvalue weighted by atomic mass is 16.3. The molecule has 88 valence electrons. The SMILES string of the molecule is CC(C)c1ccc(CC2(CO)CCC2)cc1. The van der Waals surface area contributed by atoms with Crippen molar-refractivity contribution in [1.82, 2.24) is 0 Å². The topological polar surface area (TPSA) is 20.2 Å². The van der Waals surface area contributed by atoms with E-state index < -0.39 is 0 Å². The molecule has 0 unspecified atom stereocenters. The Labute approximate surface area is 98.5 Å². The molecule has 1 aliphatic carbocycles. The highest BCUT2D eigenvalue weighted by Gasteiger charge is 2.36. The molecule has 0 atom stereocenters. The molecule has 0 saturated heterocycles. The summed E-state index contributed by atoms with van der Waals surface area (Å²) in [6.45, 7) is 4.78. The highest BCUT2D eigenvalue weighted by molar-refractivity contribution is 5.25. The third kappa shape index (κ3) is 2.30. The van der Waals surface area contributed by atoms with Gasteiger partial charge in [-0.3, -0.25) is 0 Å². The van der Waals surface area contributed by atoms with E-state index in [1.807, 2.05) is 0 Å². The average molecular weight is 218 g/mol. The van der Waals surface area contributed by atoms with E-state index in [0.29, 0.717) is 12.5 Å². The lowest BCUT2D eigenvalue weighted by molar-refractivity contribution is 0.0450. The Hall–Kier alpha value is -0.820. The van der Waals surface area contributed by atoms with Crippen LogP contribution in [0.4, 0.5) is 0 Å². The predicted octanol–water partition coefficient (Wildman–Crippen LogP) is 3.52. The molecular formula is C15H22O. The van der Waals surface area contributed by atoms with Crippen LogP contribution in [0, 0.1) is 5.41 Å². The number of benzene rings is 1. The zero-order valence-electron chi connectivity index (χ0n) is 10.4. The lowest BCUT2D eigenvalue weighted by atomic mass is 9.66. The summed E-state index contributed by atoms with van der Waals surface area (Å²) in [6, 6.07) is 8.91. The summed E-state index contributed by atoms with van der Waals surface area (Å²) in [6.07, 6.45) is 4.71. The van der Waals surface area contributed by atoms with Crippen LogP contribution in [-0.4, -0.2) is 11.7 Å². The van der Waals surface area contributed by atoms with Crippen molar-refractivity contribution in [2.24, 2.45) is 5.41 Å². The summed E-state index contributed by atoms with van der Waals surface area (Å²) in [4.78, 5) is 0. The molecule has 1 N–H and O–H groups in total. The molecule has 1 aromatic carbocycles. The van der Waals surface area contributed by atoms with Gasteiger partial charge in [0, 0.05) is 6.61 Å². The number of aliphatic hydroxyl groups is 1. The molecule has 1 aromatic rings. The maximum absolute atomic E-state index is 9.44. The van der Waals surface area contributed by atoms with Gasteiger partial charge in [0.1, 0.15) is 0 Å². The van der Waals surface area contributed by atoms with E-state index in [1.165, 1.54) is 30.4 Å². The lowest BCUT2D eigenvalue weighted by Gasteiger charge is -2.40. The third-order valence-electron chi connectivity index (χ3n) is 3.98. The molecule has 1 aliphatic rings. The van der Waals surface area contributed by atoms with Gasteiger partial charge in [-0.2, -0.15) is 0 Å². The van der Waals surface area contributed by atoms with Gasteiger partial charge in [0.2, 0.25) is 0 Å². The minimum absolute atomic E-state index is 0.208. The maximum Gasteiger partial charge on any atom is 0.0490 e. The van der Waals surface area contributed by atoms with Gasteiger partial charge in [-0.05, 0) is 41.7 Å². The monoisotopic (exact) mass is 218 g/mol. The quantitative estimate of drug-likeness (QED) is 0.820. The largest absolute Gasteiger partial charge is 0.396 e. The smallest absolute Gasteiger partial charge is 0.0490 e. The first-order valence-corrected chi connectivity index (χ1v) is 6.35. The molecule has 1 saturated carbocycles. The van der Waals surface area contributed by atoms with E-state index in [0.717, 1.165) is 6.42 Å². The summed E-state index contributed by atoms with van der Waals surface area (Å²) in [7, 11) is 0. The van der Waals surface area contributed by atoms with E-state index in [4.69, 9.17) is 0 Å². The van der Waals surface area contributed by atoms with Crippen molar-refractivity contribution in [3.8, 4) is 0 Å². The molecule has 0 bridgehead atoms. The molecule has 0 spiro atoms. The Morgan fingerprint density at radius 2 is 1.81 bits per heavy atom. The van der Waals surface area contributed by atoms with Crippen LogP contribution in [0.25, 0.3) is 0 Å². The molecule has 1 fully saturated rings. The van der Waals surface area contributed by atoms with Crippen LogP contribution in [0.15, 0.2) is 24.3 Å². The van der Waals surface area contributed by atoms with Crippen LogP contribution < -0.4 is 0 Å². The Bertz CT molecular complexity index is 327. The standard InChI is InChI=1S/C15H22O/c1-12(2)14-6-4-13(5-7-14)10-15(11-16)8-3-9-15/h4-7,12,16H,3,8-11H2,1-2H3. The summed E-state index contributed by atoms with van der Waals surface area (Å²) in [5, 5.41) is 9.44. The van der Waals surface area contributed by atoms with Crippen LogP contribution in [0.2, 0.25) is 0 Å². The van der Waals surface area contributed by atoms with Crippen molar-refractivity contribution < 1.29 is 5.11 Å². The molecule has 0 aromatic heterocycles. The van der Waals surface area contributed by atoms with E-state index in [1.54, 1.807) is 0 Å². The Morgan fingerprint density at radius 1 is 1.19 bits per heavy atom. The molecule has 0 amide bonds. The van der Waals surface area contributed by atoms with Crippen molar-refractivity contribution in [2.75, 3.05) is 6.61 Å². The molecule has 1 nitrogen and oxygen atoms in total. The van der Waals surface area contributed by atoms with Gasteiger partial charge in [0.15, 0.2) is 0 Å². The van der Waals surface area contributed by atoms with E-state index in [-0.39, 0.29) is 5.41 Å². The summed E-state index contributed by atoms with van der Waals surface area (Å²) < 4.78 is 0. The second-order valence-corrected chi connectivity index (χ2v) is 5.58. The molecule has 16 heavy (non-hydrogen) atoms. The fraction of sp³-hybridized carbons (Fsp3) is 0.600. The summed E-state index contributed by atoms with van der Waals surface area (Å²) in [5.74, 6) is 0.601. The van der Waals surface area contributed by atoms with Gasteiger partial charge in [-0.1, -0.05) is 44.5 Å². The minimum atomic E-state index is 0.208. The zero-order valence-corrected chi connectivity index (χ0v) is 10.4. The molecule has 0 aliphatic heterocycles. The van der Waals surface area contributed by atoms with Gasteiger partial charge in [0.05, 0.1) is 0 Å². The van der Waals surface area contributed by atoms with Crippen LogP contribution >= 0.6 is 0 Å². The van der Waals surface area contributed by atoms with Crippen molar-refractivity contribution >= 4 is 0 Å². The zero-order chi connectivity index (χ0) is 11.6. The molecular weight excluding hydrogens is 196 g/mol. The summed E-state index contributed by atoms with van der Waals surface area (Å²) >= 11 is 0. The Balaban J connectivity index is 2.05. The number of rotatable bonds is 4. The second kappa shape index (κ2) is 4.58. The number of aliphatic hydroxyl groups excluding tert-OH is 1. The maximum atomic E-state index is 9.44. The number of hydrogen-bond acceptors (Lipinski definition) is 1. The van der Waals surface area contributed by atoms with Crippen LogP contribution in [0.3, 0.4) is 0 Å². The normalized spacial score (nSPS) is 18.5. The van der Waals surface area contributed by atoms with Crippen molar-refractivity contribution in [3.63, 3.8) is 0 Å². The van der Waals surface area contributed by atoms with Crippen LogP contribution in [0.5, 0.6) is 0 Å². The van der Waals surface area contributed by atoms with Gasteiger partial charge in [-0.25, -0.2) is 0 Å². The van der Waals surface area contributed by atoms with E-state index in [2.05, 4.69) is 38.1 Å². The molecule has 2 rings (SSSR count). The third-order valence-corrected chi connectivity index (χ3v) is 3.98. The first-order valence-electron chi connectivity index (χ1n) is 6.35.